The summed E-state index contributed by atoms with van der Waals surface area (Å²) >= 11 is 1.60. The maximum absolute atomic E-state index is 12.1. The van der Waals surface area contributed by atoms with Crippen LogP contribution < -0.4 is 10.2 Å². The molecule has 0 unspecified atom stereocenters. The number of anilines is 1. The lowest BCUT2D eigenvalue weighted by atomic mass is 10.1. The van der Waals surface area contributed by atoms with Crippen LogP contribution in [0.25, 0.3) is 10.2 Å². The molecule has 0 aliphatic rings. The number of hydrogen-bond acceptors (Lipinski definition) is 7. The van der Waals surface area contributed by atoms with Crippen molar-refractivity contribution in [3.63, 3.8) is 0 Å². The molecular weight excluding hydrogens is 326 g/mol. The van der Waals surface area contributed by atoms with Gasteiger partial charge >= 0.3 is 0 Å². The van der Waals surface area contributed by atoms with E-state index in [1.807, 2.05) is 18.9 Å². The Morgan fingerprint density at radius 3 is 2.67 bits per heavy atom. The molecule has 1 N–H and O–H groups in total. The Hall–Kier alpha value is -2.48. The maximum Gasteiger partial charge on any atom is 0.240 e. The molecule has 0 fully saturated rings. The van der Waals surface area contributed by atoms with Crippen molar-refractivity contribution in [1.82, 2.24) is 20.5 Å². The van der Waals surface area contributed by atoms with E-state index in [4.69, 9.17) is 4.42 Å². The summed E-state index contributed by atoms with van der Waals surface area (Å²) in [6.07, 6.45) is 0. The third-order valence-electron chi connectivity index (χ3n) is 3.64. The summed E-state index contributed by atoms with van der Waals surface area (Å²) in [7, 11) is 1.86. The highest BCUT2D eigenvalue weighted by molar-refractivity contribution is 7.22. The molecule has 0 aliphatic carbocycles. The number of nitrogens with zero attached hydrogens (tertiary/aromatic N) is 4. The molecule has 0 saturated heterocycles. The van der Waals surface area contributed by atoms with Crippen molar-refractivity contribution in [2.75, 3.05) is 18.5 Å². The molecule has 0 radical (unpaired) electrons. The van der Waals surface area contributed by atoms with Gasteiger partial charge < -0.3 is 14.6 Å². The maximum atomic E-state index is 12.1. The lowest BCUT2D eigenvalue weighted by Gasteiger charge is -2.14. The number of aromatic nitrogens is 3. The van der Waals surface area contributed by atoms with Crippen molar-refractivity contribution in [1.29, 1.82) is 0 Å². The molecule has 7 nitrogen and oxygen atoms in total. The summed E-state index contributed by atoms with van der Waals surface area (Å²) in [6, 6.07) is 4.17. The van der Waals surface area contributed by atoms with Gasteiger partial charge in [0.15, 0.2) is 5.13 Å². The van der Waals surface area contributed by atoms with Gasteiger partial charge in [-0.15, -0.1) is 10.2 Å². The fraction of sp³-hybridized carbons (Fsp3) is 0.375. The number of likely N-dealkylation sites (N-methyl/N-ethyl adjacent to an activating group) is 1. The molecule has 0 bridgehead atoms. The zero-order valence-electron chi connectivity index (χ0n) is 14.1. The highest BCUT2D eigenvalue weighted by Gasteiger charge is 2.14. The standard InChI is InChI=1S/C16H19N5O2S/c1-9-5-6-10(2)15-14(9)18-16(24-15)21(4)8-12(22)17-7-13-20-19-11(3)23-13/h5-6H,7-8H2,1-4H3,(H,17,22). The van der Waals surface area contributed by atoms with E-state index in [0.29, 0.717) is 11.8 Å². The molecule has 0 saturated carbocycles. The molecule has 2 heterocycles. The van der Waals surface area contributed by atoms with Crippen molar-refractivity contribution in [3.8, 4) is 0 Å². The number of aryl methyl sites for hydroxylation is 3. The minimum absolute atomic E-state index is 0.124. The fourth-order valence-corrected chi connectivity index (χ4v) is 3.41. The van der Waals surface area contributed by atoms with Crippen molar-refractivity contribution in [2.45, 2.75) is 27.3 Å². The predicted molar refractivity (Wildman–Crippen MR) is 93.2 cm³/mol. The lowest BCUT2D eigenvalue weighted by molar-refractivity contribution is -0.120. The van der Waals surface area contributed by atoms with Gasteiger partial charge in [-0.1, -0.05) is 23.5 Å². The Morgan fingerprint density at radius 1 is 1.25 bits per heavy atom. The van der Waals surface area contributed by atoms with Gasteiger partial charge in [0.05, 0.1) is 23.3 Å². The normalized spacial score (nSPS) is 11.0. The van der Waals surface area contributed by atoms with Crippen molar-refractivity contribution in [2.24, 2.45) is 0 Å². The van der Waals surface area contributed by atoms with Gasteiger partial charge in [0.2, 0.25) is 17.7 Å². The SMILES string of the molecule is Cc1nnc(CNC(=O)CN(C)c2nc3c(C)ccc(C)c3s2)o1. The van der Waals surface area contributed by atoms with Gasteiger partial charge in [-0.2, -0.15) is 0 Å². The first-order chi connectivity index (χ1) is 11.4. The summed E-state index contributed by atoms with van der Waals surface area (Å²) < 4.78 is 6.39. The van der Waals surface area contributed by atoms with Crippen molar-refractivity contribution >= 4 is 32.6 Å². The highest BCUT2D eigenvalue weighted by Crippen LogP contribution is 2.32. The smallest absolute Gasteiger partial charge is 0.240 e. The molecule has 0 aliphatic heterocycles. The molecular formula is C16H19N5O2S. The molecule has 126 valence electrons. The number of benzene rings is 1. The first-order valence-corrected chi connectivity index (χ1v) is 8.39. The number of amides is 1. The van der Waals surface area contributed by atoms with E-state index in [-0.39, 0.29) is 19.0 Å². The van der Waals surface area contributed by atoms with Crippen LogP contribution in [0.5, 0.6) is 0 Å². The molecule has 24 heavy (non-hydrogen) atoms. The summed E-state index contributed by atoms with van der Waals surface area (Å²) in [4.78, 5) is 18.6. The van der Waals surface area contributed by atoms with Gasteiger partial charge in [-0.25, -0.2) is 4.98 Å². The topological polar surface area (TPSA) is 84.2 Å². The minimum Gasteiger partial charge on any atom is -0.424 e. The molecule has 8 heteroatoms. The number of nitrogens with one attached hydrogen (secondary N) is 1. The Labute approximate surface area is 143 Å². The molecule has 3 aromatic rings. The van der Waals surface area contributed by atoms with Gasteiger partial charge in [-0.05, 0) is 25.0 Å². The minimum atomic E-state index is -0.124. The number of rotatable bonds is 5. The van der Waals surface area contributed by atoms with Crippen LogP contribution >= 0.6 is 11.3 Å². The second-order valence-electron chi connectivity index (χ2n) is 5.72. The summed E-state index contributed by atoms with van der Waals surface area (Å²) in [5, 5.41) is 11.2. The predicted octanol–water partition coefficient (Wildman–Crippen LogP) is 2.36. The van der Waals surface area contributed by atoms with E-state index < -0.39 is 0 Å². The largest absolute Gasteiger partial charge is 0.424 e. The van der Waals surface area contributed by atoms with E-state index in [1.54, 1.807) is 18.3 Å². The van der Waals surface area contributed by atoms with Crippen LogP contribution in [0.4, 0.5) is 5.13 Å². The van der Waals surface area contributed by atoms with Gasteiger partial charge in [-0.3, -0.25) is 4.79 Å². The highest BCUT2D eigenvalue weighted by atomic mass is 32.1. The monoisotopic (exact) mass is 345 g/mol. The van der Waals surface area contributed by atoms with E-state index >= 15 is 0 Å². The Morgan fingerprint density at radius 2 is 2.00 bits per heavy atom. The number of carbonyl (C=O) groups is 1. The second-order valence-corrected chi connectivity index (χ2v) is 6.70. The summed E-state index contributed by atoms with van der Waals surface area (Å²) in [6.45, 7) is 6.27. The first kappa shape index (κ1) is 16.4. The van der Waals surface area contributed by atoms with Gasteiger partial charge in [0.25, 0.3) is 0 Å². The molecule has 1 amide bonds. The Balaban J connectivity index is 1.66. The van der Waals surface area contributed by atoms with Crippen LogP contribution in [0.2, 0.25) is 0 Å². The average Bonchev–Trinajstić information content (AvgIpc) is 3.16. The number of hydrogen-bond donors (Lipinski definition) is 1. The molecule has 1 aromatic carbocycles. The van der Waals surface area contributed by atoms with E-state index in [9.17, 15) is 4.79 Å². The van der Waals surface area contributed by atoms with Gasteiger partial charge in [0.1, 0.15) is 0 Å². The lowest BCUT2D eigenvalue weighted by Crippen LogP contribution is -2.34. The number of thiazole rings is 1. The first-order valence-electron chi connectivity index (χ1n) is 7.57. The number of fused-ring (bicyclic) bond motifs is 1. The van der Waals surface area contributed by atoms with Crippen LogP contribution in [0, 0.1) is 20.8 Å². The van der Waals surface area contributed by atoms with E-state index in [0.717, 1.165) is 16.2 Å². The molecule has 2 aromatic heterocycles. The van der Waals surface area contributed by atoms with Crippen LogP contribution in [-0.4, -0.2) is 34.7 Å². The quantitative estimate of drug-likeness (QED) is 0.764. The van der Waals surface area contributed by atoms with Crippen LogP contribution in [0.1, 0.15) is 22.9 Å². The van der Waals surface area contributed by atoms with Crippen molar-refractivity contribution < 1.29 is 9.21 Å². The van der Waals surface area contributed by atoms with Crippen molar-refractivity contribution in [3.05, 3.63) is 35.0 Å². The molecule has 3 rings (SSSR count). The third-order valence-corrected chi connectivity index (χ3v) is 4.95. The number of carbonyl (C=O) groups excluding carboxylic acids is 1. The van der Waals surface area contributed by atoms with Crippen LogP contribution in [-0.2, 0) is 11.3 Å². The average molecular weight is 345 g/mol. The second kappa shape index (κ2) is 6.56. The Bertz CT molecular complexity index is 847. The third kappa shape index (κ3) is 3.38. The van der Waals surface area contributed by atoms with Crippen LogP contribution in [0.3, 0.4) is 0 Å². The van der Waals surface area contributed by atoms with E-state index in [2.05, 4.69) is 39.6 Å². The summed E-state index contributed by atoms with van der Waals surface area (Å²) in [5.41, 5.74) is 3.34. The molecule has 0 atom stereocenters. The zero-order chi connectivity index (χ0) is 17.3. The summed E-state index contributed by atoms with van der Waals surface area (Å²) in [5.74, 6) is 0.757. The van der Waals surface area contributed by atoms with E-state index in [1.165, 1.54) is 10.3 Å². The molecule has 0 spiro atoms. The van der Waals surface area contributed by atoms with Crippen LogP contribution in [0.15, 0.2) is 16.5 Å². The zero-order valence-corrected chi connectivity index (χ0v) is 14.9. The fourth-order valence-electron chi connectivity index (χ4n) is 2.33. The van der Waals surface area contributed by atoms with Gasteiger partial charge in [0, 0.05) is 14.0 Å². The Kier molecular flexibility index (Phi) is 4.48.